The Morgan fingerprint density at radius 3 is 2.30 bits per heavy atom. The van der Waals surface area contributed by atoms with Crippen molar-refractivity contribution in [2.75, 3.05) is 7.11 Å². The van der Waals surface area contributed by atoms with Crippen LogP contribution in [0.4, 0.5) is 0 Å². The van der Waals surface area contributed by atoms with Gasteiger partial charge in [-0.05, 0) is 24.5 Å². The van der Waals surface area contributed by atoms with Crippen LogP contribution in [0.25, 0.3) is 6.08 Å². The Bertz CT molecular complexity index is 489. The topological polar surface area (TPSA) is 55.4 Å². The van der Waals surface area contributed by atoms with E-state index in [4.69, 9.17) is 0 Å². The molecule has 1 aromatic carbocycles. The van der Waals surface area contributed by atoms with Gasteiger partial charge in [-0.2, -0.15) is 0 Å². The second-order valence-electron chi connectivity index (χ2n) is 5.00. The minimum atomic E-state index is -0.629. The third-order valence-corrected chi connectivity index (χ3v) is 2.92. The molecule has 1 atom stereocenters. The number of esters is 1. The number of aryl methyl sites for hydroxylation is 1. The third-order valence-electron chi connectivity index (χ3n) is 2.92. The molecule has 0 aromatic heterocycles. The monoisotopic (exact) mass is 275 g/mol. The lowest BCUT2D eigenvalue weighted by atomic mass is 10.0. The first-order chi connectivity index (χ1) is 9.43. The van der Waals surface area contributed by atoms with Crippen LogP contribution in [0.5, 0.6) is 0 Å². The Kier molecular flexibility index (Phi) is 5.97. The first kappa shape index (κ1) is 16.0. The summed E-state index contributed by atoms with van der Waals surface area (Å²) in [5.41, 5.74) is 2.10. The zero-order chi connectivity index (χ0) is 15.1. The average molecular weight is 275 g/mol. The van der Waals surface area contributed by atoms with Crippen molar-refractivity contribution in [2.45, 2.75) is 26.8 Å². The second kappa shape index (κ2) is 7.48. The summed E-state index contributed by atoms with van der Waals surface area (Å²) in [6, 6.07) is 7.18. The Hall–Kier alpha value is -2.10. The van der Waals surface area contributed by atoms with Gasteiger partial charge in [-0.1, -0.05) is 43.7 Å². The highest BCUT2D eigenvalue weighted by Gasteiger charge is 2.23. The van der Waals surface area contributed by atoms with E-state index in [1.165, 1.54) is 13.2 Å². The molecule has 1 unspecified atom stereocenters. The van der Waals surface area contributed by atoms with Crippen LogP contribution in [0.1, 0.15) is 25.0 Å². The summed E-state index contributed by atoms with van der Waals surface area (Å²) in [5, 5.41) is 2.65. The number of nitrogens with one attached hydrogen (secondary N) is 1. The quantitative estimate of drug-likeness (QED) is 0.663. The Morgan fingerprint density at radius 1 is 1.20 bits per heavy atom. The molecule has 108 valence electrons. The van der Waals surface area contributed by atoms with Gasteiger partial charge in [0.2, 0.25) is 5.91 Å². The maximum Gasteiger partial charge on any atom is 0.328 e. The van der Waals surface area contributed by atoms with Gasteiger partial charge in [-0.3, -0.25) is 4.79 Å². The number of carbonyl (C=O) groups excluding carboxylic acids is 2. The smallest absolute Gasteiger partial charge is 0.328 e. The number of ether oxygens (including phenoxy) is 1. The third kappa shape index (κ3) is 4.88. The Balaban J connectivity index is 2.66. The molecule has 4 nitrogen and oxygen atoms in total. The van der Waals surface area contributed by atoms with E-state index in [2.05, 4.69) is 10.1 Å². The molecule has 0 aliphatic carbocycles. The van der Waals surface area contributed by atoms with Crippen molar-refractivity contribution in [1.29, 1.82) is 0 Å². The van der Waals surface area contributed by atoms with Gasteiger partial charge in [0, 0.05) is 6.08 Å². The zero-order valence-electron chi connectivity index (χ0n) is 12.3. The van der Waals surface area contributed by atoms with Crippen molar-refractivity contribution in [3.8, 4) is 0 Å². The Labute approximate surface area is 119 Å². The highest BCUT2D eigenvalue weighted by atomic mass is 16.5. The number of carbonyl (C=O) groups is 2. The fraction of sp³-hybridized carbons (Fsp3) is 0.375. The highest BCUT2D eigenvalue weighted by Crippen LogP contribution is 2.06. The average Bonchev–Trinajstić information content (AvgIpc) is 2.43. The summed E-state index contributed by atoms with van der Waals surface area (Å²) >= 11 is 0. The first-order valence-corrected chi connectivity index (χ1v) is 6.57. The molecule has 0 fully saturated rings. The largest absolute Gasteiger partial charge is 0.467 e. The molecule has 0 heterocycles. The minimum Gasteiger partial charge on any atom is -0.467 e. The number of amides is 1. The van der Waals surface area contributed by atoms with Gasteiger partial charge >= 0.3 is 5.97 Å². The van der Waals surface area contributed by atoms with E-state index in [0.29, 0.717) is 0 Å². The van der Waals surface area contributed by atoms with Crippen LogP contribution in [0.15, 0.2) is 30.3 Å². The van der Waals surface area contributed by atoms with E-state index in [-0.39, 0.29) is 11.8 Å². The molecule has 0 aliphatic heterocycles. The van der Waals surface area contributed by atoms with Crippen LogP contribution >= 0.6 is 0 Å². The molecule has 20 heavy (non-hydrogen) atoms. The summed E-state index contributed by atoms with van der Waals surface area (Å²) in [4.78, 5) is 23.4. The van der Waals surface area contributed by atoms with E-state index in [0.717, 1.165) is 11.1 Å². The van der Waals surface area contributed by atoms with Crippen LogP contribution in [0.3, 0.4) is 0 Å². The van der Waals surface area contributed by atoms with Crippen LogP contribution in [0, 0.1) is 12.8 Å². The lowest BCUT2D eigenvalue weighted by Gasteiger charge is -2.18. The molecule has 0 aliphatic rings. The van der Waals surface area contributed by atoms with E-state index in [1.54, 1.807) is 6.08 Å². The summed E-state index contributed by atoms with van der Waals surface area (Å²) in [6.45, 7) is 5.71. The van der Waals surface area contributed by atoms with E-state index >= 15 is 0 Å². The Morgan fingerprint density at radius 2 is 1.80 bits per heavy atom. The van der Waals surface area contributed by atoms with E-state index in [9.17, 15) is 9.59 Å². The lowest BCUT2D eigenvalue weighted by Crippen LogP contribution is -2.44. The summed E-state index contributed by atoms with van der Waals surface area (Å²) in [7, 11) is 1.31. The lowest BCUT2D eigenvalue weighted by molar-refractivity contribution is -0.145. The highest BCUT2D eigenvalue weighted by molar-refractivity contribution is 5.94. The minimum absolute atomic E-state index is 0.0285. The van der Waals surface area contributed by atoms with Gasteiger partial charge in [0.15, 0.2) is 0 Å². The molecular weight excluding hydrogens is 254 g/mol. The molecule has 1 aromatic rings. The fourth-order valence-corrected chi connectivity index (χ4v) is 1.68. The first-order valence-electron chi connectivity index (χ1n) is 6.57. The van der Waals surface area contributed by atoms with E-state index in [1.807, 2.05) is 45.0 Å². The maximum absolute atomic E-state index is 11.8. The number of benzene rings is 1. The number of hydrogen-bond acceptors (Lipinski definition) is 3. The van der Waals surface area contributed by atoms with Crippen LogP contribution in [0.2, 0.25) is 0 Å². The molecule has 0 radical (unpaired) electrons. The number of hydrogen-bond donors (Lipinski definition) is 1. The van der Waals surface area contributed by atoms with Gasteiger partial charge in [0.05, 0.1) is 7.11 Å². The van der Waals surface area contributed by atoms with Gasteiger partial charge in [0.25, 0.3) is 0 Å². The van der Waals surface area contributed by atoms with Crippen molar-refractivity contribution in [3.05, 3.63) is 41.5 Å². The molecular formula is C16H21NO3. The molecule has 0 bridgehead atoms. The van der Waals surface area contributed by atoms with Crippen molar-refractivity contribution in [3.63, 3.8) is 0 Å². The van der Waals surface area contributed by atoms with Crippen LogP contribution in [-0.2, 0) is 14.3 Å². The van der Waals surface area contributed by atoms with Crippen molar-refractivity contribution in [1.82, 2.24) is 5.32 Å². The van der Waals surface area contributed by atoms with Gasteiger partial charge in [0.1, 0.15) is 6.04 Å². The standard InChI is InChI=1S/C16H21NO3/c1-11(2)15(16(19)20-4)17-14(18)10-9-13-7-5-12(3)6-8-13/h5-11,15H,1-4H3,(H,17,18)/b10-9+. The summed E-state index contributed by atoms with van der Waals surface area (Å²) < 4.78 is 4.67. The molecule has 1 amide bonds. The van der Waals surface area contributed by atoms with E-state index < -0.39 is 12.0 Å². The predicted molar refractivity (Wildman–Crippen MR) is 79.0 cm³/mol. The normalized spacial score (nSPS) is 12.4. The molecule has 0 saturated heterocycles. The maximum atomic E-state index is 11.8. The van der Waals surface area contributed by atoms with Gasteiger partial charge < -0.3 is 10.1 Å². The summed E-state index contributed by atoms with van der Waals surface area (Å²) in [5.74, 6) is -0.772. The second-order valence-corrected chi connectivity index (χ2v) is 5.00. The molecule has 1 rings (SSSR count). The van der Waals surface area contributed by atoms with Crippen molar-refractivity contribution in [2.24, 2.45) is 5.92 Å². The van der Waals surface area contributed by atoms with Gasteiger partial charge in [-0.15, -0.1) is 0 Å². The number of methoxy groups -OCH3 is 1. The zero-order valence-corrected chi connectivity index (χ0v) is 12.3. The van der Waals surface area contributed by atoms with Gasteiger partial charge in [-0.25, -0.2) is 4.79 Å². The SMILES string of the molecule is COC(=O)C(NC(=O)/C=C/c1ccc(C)cc1)C(C)C. The summed E-state index contributed by atoms with van der Waals surface area (Å²) in [6.07, 6.45) is 3.13. The van der Waals surface area contributed by atoms with Crippen LogP contribution in [-0.4, -0.2) is 25.0 Å². The van der Waals surface area contributed by atoms with Crippen molar-refractivity contribution >= 4 is 18.0 Å². The predicted octanol–water partition coefficient (Wildman–Crippen LogP) is 2.32. The molecule has 1 N–H and O–H groups in total. The molecule has 0 saturated carbocycles. The fourth-order valence-electron chi connectivity index (χ4n) is 1.68. The van der Waals surface area contributed by atoms with Crippen LogP contribution < -0.4 is 5.32 Å². The number of rotatable bonds is 5. The molecule has 4 heteroatoms. The van der Waals surface area contributed by atoms with Crippen molar-refractivity contribution < 1.29 is 14.3 Å². The molecule has 0 spiro atoms.